The first-order valence-corrected chi connectivity index (χ1v) is 10.8. The van der Waals surface area contributed by atoms with Crippen LogP contribution in [0.15, 0.2) is 35.3 Å². The van der Waals surface area contributed by atoms with Crippen LogP contribution in [0.25, 0.3) is 0 Å². The van der Waals surface area contributed by atoms with Gasteiger partial charge in [0.1, 0.15) is 0 Å². The highest BCUT2D eigenvalue weighted by Gasteiger charge is 2.32. The van der Waals surface area contributed by atoms with Crippen molar-refractivity contribution in [2.45, 2.75) is 38.0 Å². The summed E-state index contributed by atoms with van der Waals surface area (Å²) in [5.74, 6) is 1.62. The molecule has 30 heavy (non-hydrogen) atoms. The predicted molar refractivity (Wildman–Crippen MR) is 112 cm³/mol. The molecule has 2 N–H and O–H groups in total. The number of nitrogens with zero attached hydrogens (tertiary/aromatic N) is 2. The number of likely N-dealkylation sites (tertiary alicyclic amines) is 1. The quantitative estimate of drug-likeness (QED) is 0.517. The maximum absolute atomic E-state index is 12.5. The van der Waals surface area contributed by atoms with Crippen LogP contribution < -0.4 is 10.6 Å². The summed E-state index contributed by atoms with van der Waals surface area (Å²) in [5, 5.41) is 6.76. The monoisotopic (exact) mass is 426 g/mol. The second-order valence-electron chi connectivity index (χ2n) is 8.25. The van der Waals surface area contributed by atoms with Crippen LogP contribution in [0.4, 0.5) is 13.2 Å². The molecule has 2 heterocycles. The Labute approximate surface area is 177 Å². The van der Waals surface area contributed by atoms with E-state index in [2.05, 4.69) is 27.8 Å². The first-order valence-electron chi connectivity index (χ1n) is 10.8. The van der Waals surface area contributed by atoms with Crippen LogP contribution in [-0.2, 0) is 4.74 Å². The summed E-state index contributed by atoms with van der Waals surface area (Å²) >= 11 is 0. The van der Waals surface area contributed by atoms with Crippen molar-refractivity contribution in [2.24, 2.45) is 16.8 Å². The minimum absolute atomic E-state index is 0.110. The van der Waals surface area contributed by atoms with Crippen LogP contribution in [0, 0.1) is 11.8 Å². The van der Waals surface area contributed by atoms with Crippen LogP contribution in [0.5, 0.6) is 0 Å². The van der Waals surface area contributed by atoms with Gasteiger partial charge >= 0.3 is 6.18 Å². The van der Waals surface area contributed by atoms with Crippen LogP contribution in [0.2, 0.25) is 0 Å². The fraction of sp³-hybridized carbons (Fsp3) is 0.682. The number of halogens is 3. The maximum atomic E-state index is 12.5. The lowest BCUT2D eigenvalue weighted by atomic mass is 9.93. The number of nitrogens with one attached hydrogen (secondary N) is 2. The van der Waals surface area contributed by atoms with Crippen molar-refractivity contribution in [1.82, 2.24) is 15.5 Å². The topological polar surface area (TPSA) is 48.9 Å². The molecule has 1 aromatic rings. The van der Waals surface area contributed by atoms with Crippen molar-refractivity contribution in [3.05, 3.63) is 35.9 Å². The van der Waals surface area contributed by atoms with Gasteiger partial charge in [-0.3, -0.25) is 9.89 Å². The molecule has 2 aliphatic rings. The van der Waals surface area contributed by atoms with Crippen molar-refractivity contribution in [1.29, 1.82) is 0 Å². The van der Waals surface area contributed by atoms with E-state index in [0.29, 0.717) is 24.9 Å². The number of benzene rings is 1. The highest BCUT2D eigenvalue weighted by molar-refractivity contribution is 5.79. The zero-order chi connectivity index (χ0) is 21.4. The molecule has 0 amide bonds. The summed E-state index contributed by atoms with van der Waals surface area (Å²) in [7, 11) is 1.75. The standard InChI is InChI=1S/C22H33F3N4O/c1-26-21(27-11-7-17-8-12-29(13-9-17)16-22(23,24)25)28-15-19-10-14-30-20(19)18-5-3-2-4-6-18/h2-6,17,19-20H,7-16H2,1H3,(H2,26,27,28). The molecule has 5 nitrogen and oxygen atoms in total. The van der Waals surface area contributed by atoms with Gasteiger partial charge in [-0.05, 0) is 50.3 Å². The van der Waals surface area contributed by atoms with Crippen LogP contribution in [-0.4, -0.2) is 63.4 Å². The second-order valence-corrected chi connectivity index (χ2v) is 8.25. The third-order valence-electron chi connectivity index (χ3n) is 6.05. The van der Waals surface area contributed by atoms with E-state index in [9.17, 15) is 13.2 Å². The van der Waals surface area contributed by atoms with Gasteiger partial charge in [0.25, 0.3) is 0 Å². The smallest absolute Gasteiger partial charge is 0.373 e. The van der Waals surface area contributed by atoms with Gasteiger partial charge < -0.3 is 15.4 Å². The van der Waals surface area contributed by atoms with Crippen LogP contribution in [0.3, 0.4) is 0 Å². The molecule has 2 saturated heterocycles. The molecule has 0 saturated carbocycles. The highest BCUT2D eigenvalue weighted by atomic mass is 19.4. The number of rotatable bonds is 7. The maximum Gasteiger partial charge on any atom is 0.401 e. The van der Waals surface area contributed by atoms with E-state index in [4.69, 9.17) is 4.74 Å². The molecule has 1 aromatic carbocycles. The summed E-state index contributed by atoms with van der Waals surface area (Å²) < 4.78 is 43.4. The Balaban J connectivity index is 1.35. The lowest BCUT2D eigenvalue weighted by Crippen LogP contribution is -2.42. The Morgan fingerprint density at radius 2 is 1.87 bits per heavy atom. The normalized spacial score (nSPS) is 24.2. The molecule has 0 radical (unpaired) electrons. The van der Waals surface area contributed by atoms with Gasteiger partial charge in [0.2, 0.25) is 0 Å². The molecule has 2 unspecified atom stereocenters. The zero-order valence-electron chi connectivity index (χ0n) is 17.6. The molecule has 0 aromatic heterocycles. The Hall–Kier alpha value is -1.80. The summed E-state index contributed by atoms with van der Waals surface area (Å²) in [6.45, 7) is 2.59. The average Bonchev–Trinajstić information content (AvgIpc) is 3.20. The van der Waals surface area contributed by atoms with E-state index >= 15 is 0 Å². The number of hydrogen-bond donors (Lipinski definition) is 2. The first kappa shape index (κ1) is 22.9. The molecular formula is C22H33F3N4O. The lowest BCUT2D eigenvalue weighted by molar-refractivity contribution is -0.148. The molecule has 3 rings (SSSR count). The molecule has 0 aliphatic carbocycles. The van der Waals surface area contributed by atoms with Crippen molar-refractivity contribution < 1.29 is 17.9 Å². The van der Waals surface area contributed by atoms with Gasteiger partial charge in [0.15, 0.2) is 5.96 Å². The molecule has 2 aliphatic heterocycles. The molecule has 8 heteroatoms. The third-order valence-corrected chi connectivity index (χ3v) is 6.05. The number of aliphatic imine (C=N–C) groups is 1. The number of ether oxygens (including phenoxy) is 1. The molecule has 168 valence electrons. The fourth-order valence-corrected chi connectivity index (χ4v) is 4.38. The lowest BCUT2D eigenvalue weighted by Gasteiger charge is -2.32. The van der Waals surface area contributed by atoms with E-state index < -0.39 is 12.7 Å². The summed E-state index contributed by atoms with van der Waals surface area (Å²) in [6, 6.07) is 10.3. The number of piperidine rings is 1. The molecule has 0 bridgehead atoms. The van der Waals surface area contributed by atoms with E-state index in [1.54, 1.807) is 7.05 Å². The van der Waals surface area contributed by atoms with Crippen molar-refractivity contribution >= 4 is 5.96 Å². The number of alkyl halides is 3. The average molecular weight is 427 g/mol. The van der Waals surface area contributed by atoms with Gasteiger partial charge in [-0.25, -0.2) is 0 Å². The van der Waals surface area contributed by atoms with Gasteiger partial charge in [-0.15, -0.1) is 0 Å². The van der Waals surface area contributed by atoms with E-state index in [-0.39, 0.29) is 6.10 Å². The minimum Gasteiger partial charge on any atom is -0.373 e. The minimum atomic E-state index is -4.10. The Morgan fingerprint density at radius 3 is 2.53 bits per heavy atom. The van der Waals surface area contributed by atoms with Gasteiger partial charge in [-0.2, -0.15) is 13.2 Å². The van der Waals surface area contributed by atoms with E-state index in [1.807, 2.05) is 18.2 Å². The van der Waals surface area contributed by atoms with E-state index in [1.165, 1.54) is 10.5 Å². The van der Waals surface area contributed by atoms with Gasteiger partial charge in [0.05, 0.1) is 12.6 Å². The fourth-order valence-electron chi connectivity index (χ4n) is 4.38. The number of hydrogen-bond acceptors (Lipinski definition) is 3. The second kappa shape index (κ2) is 11.0. The van der Waals surface area contributed by atoms with Crippen molar-refractivity contribution in [3.63, 3.8) is 0 Å². The van der Waals surface area contributed by atoms with Crippen molar-refractivity contribution in [3.8, 4) is 0 Å². The van der Waals surface area contributed by atoms with Gasteiger partial charge in [-0.1, -0.05) is 30.3 Å². The molecule has 2 atom stereocenters. The zero-order valence-corrected chi connectivity index (χ0v) is 17.6. The highest BCUT2D eigenvalue weighted by Crippen LogP contribution is 2.33. The Bertz CT molecular complexity index is 660. The third kappa shape index (κ3) is 7.16. The Morgan fingerprint density at radius 1 is 1.13 bits per heavy atom. The summed E-state index contributed by atoms with van der Waals surface area (Å²) in [4.78, 5) is 5.81. The largest absolute Gasteiger partial charge is 0.401 e. The molecule has 0 spiro atoms. The molecular weight excluding hydrogens is 393 g/mol. The first-order chi connectivity index (χ1) is 14.4. The SMILES string of the molecule is CN=C(NCCC1CCN(CC(F)(F)F)CC1)NCC1CCOC1c1ccccc1. The van der Waals surface area contributed by atoms with Crippen LogP contribution in [0.1, 0.15) is 37.4 Å². The van der Waals surface area contributed by atoms with Gasteiger partial charge in [0, 0.05) is 32.7 Å². The number of guanidine groups is 1. The molecule has 2 fully saturated rings. The van der Waals surface area contributed by atoms with E-state index in [0.717, 1.165) is 51.3 Å². The van der Waals surface area contributed by atoms with Crippen LogP contribution >= 0.6 is 0 Å². The predicted octanol–water partition coefficient (Wildman–Crippen LogP) is 3.59. The Kier molecular flexibility index (Phi) is 8.39. The summed E-state index contributed by atoms with van der Waals surface area (Å²) in [5.41, 5.74) is 1.21. The summed E-state index contributed by atoms with van der Waals surface area (Å²) in [6.07, 6.45) is -0.390. The van der Waals surface area contributed by atoms with Crippen molar-refractivity contribution in [2.75, 3.05) is 46.4 Å².